The van der Waals surface area contributed by atoms with Gasteiger partial charge in [-0.15, -0.1) is 0 Å². The topological polar surface area (TPSA) is 83.5 Å². The molecule has 0 bridgehead atoms. The van der Waals surface area contributed by atoms with Gasteiger partial charge in [-0.05, 0) is 25.0 Å². The summed E-state index contributed by atoms with van der Waals surface area (Å²) in [6.45, 7) is 0.723. The first kappa shape index (κ1) is 17.6. The number of halogens is 2. The second-order valence-corrected chi connectivity index (χ2v) is 7.24. The van der Waals surface area contributed by atoms with Gasteiger partial charge in [-0.2, -0.15) is 0 Å². The Bertz CT molecular complexity index is 708. The van der Waals surface area contributed by atoms with Crippen LogP contribution in [0.25, 0.3) is 0 Å². The summed E-state index contributed by atoms with van der Waals surface area (Å²) in [5.41, 5.74) is -0.291. The van der Waals surface area contributed by atoms with E-state index < -0.39 is 33.9 Å². The number of carbonyl (C=O) groups is 1. The van der Waals surface area contributed by atoms with Gasteiger partial charge in [0.15, 0.2) is 0 Å². The van der Waals surface area contributed by atoms with Crippen molar-refractivity contribution in [2.24, 2.45) is 5.92 Å². The van der Waals surface area contributed by atoms with Crippen LogP contribution in [0, 0.1) is 5.92 Å². The third-order valence-corrected chi connectivity index (χ3v) is 5.23. The average molecular weight is 345 g/mol. The summed E-state index contributed by atoms with van der Waals surface area (Å²) in [5.74, 6) is -4.99. The van der Waals surface area contributed by atoms with Crippen molar-refractivity contribution >= 4 is 16.0 Å². The molecule has 0 amide bonds. The smallest absolute Gasteiger partial charge is 0.308 e. The molecular weight excluding hydrogens is 328 g/mol. The minimum absolute atomic E-state index is 0.177. The predicted octanol–water partition coefficient (Wildman–Crippen LogP) is 2.50. The van der Waals surface area contributed by atoms with Crippen molar-refractivity contribution in [1.82, 2.24) is 4.72 Å². The monoisotopic (exact) mass is 345 g/mol. The lowest BCUT2D eigenvalue weighted by Gasteiger charge is -2.26. The van der Waals surface area contributed by atoms with E-state index in [0.29, 0.717) is 0 Å². The number of carboxylic acids is 1. The summed E-state index contributed by atoms with van der Waals surface area (Å²) < 4.78 is 53.3. The van der Waals surface area contributed by atoms with Crippen molar-refractivity contribution in [3.8, 4) is 0 Å². The highest BCUT2D eigenvalue weighted by Crippen LogP contribution is 2.28. The van der Waals surface area contributed by atoms with Crippen LogP contribution in [0.2, 0.25) is 0 Å². The molecule has 5 nitrogen and oxygen atoms in total. The number of benzene rings is 1. The van der Waals surface area contributed by atoms with Crippen LogP contribution < -0.4 is 4.72 Å². The lowest BCUT2D eigenvalue weighted by atomic mass is 9.90. The van der Waals surface area contributed by atoms with Gasteiger partial charge < -0.3 is 5.11 Å². The van der Waals surface area contributed by atoms with Gasteiger partial charge in [0.25, 0.3) is 5.92 Å². The van der Waals surface area contributed by atoms with Crippen molar-refractivity contribution in [3.05, 3.63) is 42.0 Å². The van der Waals surface area contributed by atoms with E-state index in [2.05, 4.69) is 4.72 Å². The fourth-order valence-electron chi connectivity index (χ4n) is 2.41. The molecule has 0 saturated carbocycles. The van der Waals surface area contributed by atoms with E-state index in [1.807, 2.05) is 0 Å². The van der Waals surface area contributed by atoms with E-state index in [1.54, 1.807) is 12.2 Å². The summed E-state index contributed by atoms with van der Waals surface area (Å²) in [5, 5.41) is 9.15. The Balaban J connectivity index is 2.21. The maximum Gasteiger partial charge on any atom is 0.308 e. The molecule has 0 spiro atoms. The second kappa shape index (κ2) is 6.37. The minimum Gasteiger partial charge on any atom is -0.481 e. The summed E-state index contributed by atoms with van der Waals surface area (Å²) >= 11 is 0. The molecular formula is C15H17F2NO4S. The van der Waals surface area contributed by atoms with Crippen molar-refractivity contribution in [1.29, 1.82) is 0 Å². The molecule has 0 fully saturated rings. The van der Waals surface area contributed by atoms with Gasteiger partial charge >= 0.3 is 5.97 Å². The van der Waals surface area contributed by atoms with E-state index in [-0.39, 0.29) is 23.3 Å². The molecule has 1 aliphatic rings. The first-order valence-electron chi connectivity index (χ1n) is 7.00. The van der Waals surface area contributed by atoms with Gasteiger partial charge in [-0.25, -0.2) is 21.9 Å². The molecule has 0 unspecified atom stereocenters. The second-order valence-electron chi connectivity index (χ2n) is 5.53. The number of hydrogen-bond acceptors (Lipinski definition) is 3. The lowest BCUT2D eigenvalue weighted by Crippen LogP contribution is -2.44. The lowest BCUT2D eigenvalue weighted by molar-refractivity contribution is -0.142. The van der Waals surface area contributed by atoms with Gasteiger partial charge in [-0.1, -0.05) is 24.3 Å². The first-order valence-corrected chi connectivity index (χ1v) is 8.48. The maximum atomic E-state index is 13.2. The van der Waals surface area contributed by atoms with Crippen molar-refractivity contribution < 1.29 is 27.1 Å². The molecule has 1 aromatic carbocycles. The van der Waals surface area contributed by atoms with Gasteiger partial charge in [0, 0.05) is 18.5 Å². The van der Waals surface area contributed by atoms with Crippen LogP contribution in [0.3, 0.4) is 0 Å². The van der Waals surface area contributed by atoms with Gasteiger partial charge in [0.1, 0.15) is 0 Å². The molecule has 0 aliphatic heterocycles. The molecule has 2 N–H and O–H groups in total. The van der Waals surface area contributed by atoms with Crippen LogP contribution in [-0.4, -0.2) is 25.5 Å². The zero-order valence-electron chi connectivity index (χ0n) is 12.4. The van der Waals surface area contributed by atoms with Crippen molar-refractivity contribution in [2.75, 3.05) is 0 Å². The fraction of sp³-hybridized carbons (Fsp3) is 0.400. The number of sulfonamides is 1. The number of carboxylic acid groups (broad SMARTS) is 1. The van der Waals surface area contributed by atoms with Crippen LogP contribution in [0.5, 0.6) is 0 Å². The van der Waals surface area contributed by atoms with Gasteiger partial charge in [-0.3, -0.25) is 4.79 Å². The highest BCUT2D eigenvalue weighted by molar-refractivity contribution is 7.89. The number of allylic oxidation sites excluding steroid dienone is 1. The summed E-state index contributed by atoms with van der Waals surface area (Å²) in [7, 11) is -3.98. The maximum absolute atomic E-state index is 13.2. The Kier molecular flexibility index (Phi) is 4.86. The average Bonchev–Trinajstić information content (AvgIpc) is 2.46. The number of rotatable bonds is 5. The van der Waals surface area contributed by atoms with Crippen molar-refractivity contribution in [3.63, 3.8) is 0 Å². The fourth-order valence-corrected chi connectivity index (χ4v) is 3.70. The van der Waals surface area contributed by atoms with Crippen LogP contribution in [0.1, 0.15) is 25.3 Å². The van der Waals surface area contributed by atoms with E-state index >= 15 is 0 Å². The van der Waals surface area contributed by atoms with E-state index in [4.69, 9.17) is 5.11 Å². The highest BCUT2D eigenvalue weighted by atomic mass is 32.2. The summed E-state index contributed by atoms with van der Waals surface area (Å²) in [4.78, 5) is 11.0. The highest BCUT2D eigenvalue weighted by Gasteiger charge is 2.32. The minimum atomic E-state index is -3.98. The zero-order valence-corrected chi connectivity index (χ0v) is 13.2. The Morgan fingerprint density at radius 1 is 1.22 bits per heavy atom. The molecule has 0 heterocycles. The number of aliphatic carboxylic acids is 1. The standard InChI is InChI=1S/C15H17F2NO4S/c1-15(16,17)10-6-8-11(9-7-10)23(21,22)18-13-5-3-2-4-12(13)14(19)20/h2-3,6-9,12-13,18H,4-5H2,1H3,(H,19,20)/t12-,13+/m0/s1. The summed E-state index contributed by atoms with van der Waals surface area (Å²) in [6, 6.07) is 3.50. The molecule has 23 heavy (non-hydrogen) atoms. The number of alkyl halides is 2. The van der Waals surface area contributed by atoms with Gasteiger partial charge in [0.2, 0.25) is 10.0 Å². The Morgan fingerprint density at radius 2 is 1.78 bits per heavy atom. The number of hydrogen-bond donors (Lipinski definition) is 2. The SMILES string of the molecule is CC(F)(F)c1ccc(S(=O)(=O)N[C@@H]2CC=CC[C@@H]2C(=O)O)cc1. The van der Waals surface area contributed by atoms with E-state index in [1.165, 1.54) is 0 Å². The Hall–Kier alpha value is -1.80. The Morgan fingerprint density at radius 3 is 2.30 bits per heavy atom. The number of nitrogens with one attached hydrogen (secondary N) is 1. The predicted molar refractivity (Wildman–Crippen MR) is 79.6 cm³/mol. The third-order valence-electron chi connectivity index (χ3n) is 3.73. The normalized spacial score (nSPS) is 22.0. The molecule has 126 valence electrons. The zero-order chi connectivity index (χ0) is 17.3. The molecule has 0 radical (unpaired) electrons. The van der Waals surface area contributed by atoms with Crippen LogP contribution >= 0.6 is 0 Å². The van der Waals surface area contributed by atoms with Gasteiger partial charge in [0.05, 0.1) is 10.8 Å². The Labute approximate surface area is 133 Å². The van der Waals surface area contributed by atoms with Crippen LogP contribution in [0.15, 0.2) is 41.3 Å². The quantitative estimate of drug-likeness (QED) is 0.803. The molecule has 0 aromatic heterocycles. The third kappa shape index (κ3) is 4.14. The molecule has 1 aliphatic carbocycles. The molecule has 2 atom stereocenters. The summed E-state index contributed by atoms with van der Waals surface area (Å²) in [6.07, 6.45) is 3.92. The first-order chi connectivity index (χ1) is 10.6. The molecule has 8 heteroatoms. The van der Waals surface area contributed by atoms with Crippen molar-refractivity contribution in [2.45, 2.75) is 36.6 Å². The molecule has 2 rings (SSSR count). The van der Waals surface area contributed by atoms with Crippen LogP contribution in [0.4, 0.5) is 8.78 Å². The van der Waals surface area contributed by atoms with E-state index in [9.17, 15) is 22.0 Å². The molecule has 0 saturated heterocycles. The largest absolute Gasteiger partial charge is 0.481 e. The van der Waals surface area contributed by atoms with Crippen LogP contribution in [-0.2, 0) is 20.7 Å². The van der Waals surface area contributed by atoms with E-state index in [0.717, 1.165) is 31.2 Å². The molecule has 1 aromatic rings.